The first-order chi connectivity index (χ1) is 12.3. The fraction of sp³-hybridized carbons (Fsp3) is 0.263. The number of ether oxygens (including phenoxy) is 2. The highest BCUT2D eigenvalue weighted by atomic mass is 16.6. The summed E-state index contributed by atoms with van der Waals surface area (Å²) in [5, 5.41) is 11.5. The van der Waals surface area contributed by atoms with Crippen LogP contribution in [0.1, 0.15) is 40.1 Å². The van der Waals surface area contributed by atoms with E-state index < -0.39 is 16.9 Å². The predicted molar refractivity (Wildman–Crippen MR) is 95.2 cm³/mol. The maximum atomic E-state index is 12.7. The lowest BCUT2D eigenvalue weighted by atomic mass is 9.90. The smallest absolute Gasteiger partial charge is 0.339 e. The first-order valence-corrected chi connectivity index (χ1v) is 7.94. The second-order valence-corrected chi connectivity index (χ2v) is 5.90. The molecule has 7 heteroatoms. The first-order valence-electron chi connectivity index (χ1n) is 7.94. The minimum atomic E-state index is -0.697. The lowest BCUT2D eigenvalue weighted by molar-refractivity contribution is -0.384. The quantitative estimate of drug-likeness (QED) is 0.457. The van der Waals surface area contributed by atoms with Gasteiger partial charge in [0.1, 0.15) is 0 Å². The Labute approximate surface area is 150 Å². The van der Waals surface area contributed by atoms with E-state index in [4.69, 9.17) is 9.47 Å². The zero-order valence-corrected chi connectivity index (χ0v) is 14.9. The largest absolute Gasteiger partial charge is 0.465 e. The highest BCUT2D eigenvalue weighted by molar-refractivity contribution is 6.08. The van der Waals surface area contributed by atoms with E-state index in [1.807, 2.05) is 0 Å². The third-order valence-electron chi connectivity index (χ3n) is 3.74. The van der Waals surface area contributed by atoms with Gasteiger partial charge in [0.25, 0.3) is 5.69 Å². The number of esters is 2. The Bertz CT molecular complexity index is 872. The molecule has 0 aliphatic rings. The van der Waals surface area contributed by atoms with E-state index in [0.717, 1.165) is 0 Å². The molecule has 2 aromatic rings. The van der Waals surface area contributed by atoms with Crippen molar-refractivity contribution >= 4 is 17.6 Å². The monoisotopic (exact) mass is 357 g/mol. The molecule has 0 bridgehead atoms. The molecule has 7 nitrogen and oxygen atoms in total. The van der Waals surface area contributed by atoms with Gasteiger partial charge in [0.15, 0.2) is 0 Å². The molecule has 0 saturated carbocycles. The van der Waals surface area contributed by atoms with E-state index in [2.05, 4.69) is 0 Å². The number of aryl methyl sites for hydroxylation is 1. The number of carbonyl (C=O) groups excluding carboxylic acids is 2. The fourth-order valence-electron chi connectivity index (χ4n) is 2.65. The van der Waals surface area contributed by atoms with Crippen LogP contribution in [0.3, 0.4) is 0 Å². The average Bonchev–Trinajstić information content (AvgIpc) is 2.59. The van der Waals surface area contributed by atoms with Crippen LogP contribution in [-0.2, 0) is 9.47 Å². The third kappa shape index (κ3) is 3.72. The number of hydrogen-bond donors (Lipinski definition) is 0. The molecule has 0 aliphatic carbocycles. The Morgan fingerprint density at radius 3 is 2.31 bits per heavy atom. The van der Waals surface area contributed by atoms with Gasteiger partial charge in [-0.2, -0.15) is 0 Å². The Hall–Kier alpha value is -3.22. The number of para-hydroxylation sites is 1. The molecule has 0 unspecified atom stereocenters. The molecule has 0 radical (unpaired) electrons. The highest BCUT2D eigenvalue weighted by Crippen LogP contribution is 2.37. The second-order valence-electron chi connectivity index (χ2n) is 5.90. The van der Waals surface area contributed by atoms with E-state index >= 15 is 0 Å². The van der Waals surface area contributed by atoms with Crippen LogP contribution >= 0.6 is 0 Å². The van der Waals surface area contributed by atoms with Crippen LogP contribution in [0.25, 0.3) is 11.1 Å². The number of hydrogen-bond acceptors (Lipinski definition) is 6. The van der Waals surface area contributed by atoms with Crippen LogP contribution in [0.5, 0.6) is 0 Å². The summed E-state index contributed by atoms with van der Waals surface area (Å²) < 4.78 is 10.1. The summed E-state index contributed by atoms with van der Waals surface area (Å²) in [7, 11) is 1.21. The Balaban J connectivity index is 2.88. The van der Waals surface area contributed by atoms with Gasteiger partial charge in [0.2, 0.25) is 0 Å². The zero-order chi connectivity index (χ0) is 19.4. The molecule has 2 aromatic carbocycles. The van der Waals surface area contributed by atoms with Crippen LogP contribution < -0.4 is 0 Å². The fourth-order valence-corrected chi connectivity index (χ4v) is 2.65. The van der Waals surface area contributed by atoms with E-state index in [-0.39, 0.29) is 34.0 Å². The topological polar surface area (TPSA) is 95.7 Å². The highest BCUT2D eigenvalue weighted by Gasteiger charge is 2.28. The number of nitro benzene ring substituents is 1. The SMILES string of the molecule is COC(=O)c1ccc(C)c(C(=O)OC(C)C)c1-c1ccccc1[N+](=O)[O-]. The van der Waals surface area contributed by atoms with E-state index in [1.165, 1.54) is 31.4 Å². The Morgan fingerprint density at radius 2 is 1.73 bits per heavy atom. The van der Waals surface area contributed by atoms with Crippen molar-refractivity contribution in [2.45, 2.75) is 26.9 Å². The number of methoxy groups -OCH3 is 1. The summed E-state index contributed by atoms with van der Waals surface area (Å²) in [5.41, 5.74) is 0.768. The number of benzene rings is 2. The Morgan fingerprint density at radius 1 is 1.08 bits per heavy atom. The number of nitrogens with zero attached hydrogens (tertiary/aromatic N) is 1. The van der Waals surface area contributed by atoms with Crippen LogP contribution in [0.15, 0.2) is 36.4 Å². The standard InChI is InChI=1S/C19H19NO6/c1-11(2)26-19(22)16-12(3)9-10-14(18(21)25-4)17(16)13-7-5-6-8-15(13)20(23)24/h5-11H,1-4H3. The molecule has 0 atom stereocenters. The van der Waals surface area contributed by atoms with Gasteiger partial charge >= 0.3 is 11.9 Å². The minimum Gasteiger partial charge on any atom is -0.465 e. The maximum absolute atomic E-state index is 12.7. The second kappa shape index (κ2) is 7.77. The van der Waals surface area contributed by atoms with Crippen molar-refractivity contribution in [3.8, 4) is 11.1 Å². The summed E-state index contributed by atoms with van der Waals surface area (Å²) in [6.45, 7) is 5.07. The van der Waals surface area contributed by atoms with Crippen LogP contribution in [0, 0.1) is 17.0 Å². The van der Waals surface area contributed by atoms with Crippen LogP contribution in [0.4, 0.5) is 5.69 Å². The van der Waals surface area contributed by atoms with Crippen molar-refractivity contribution < 1.29 is 24.0 Å². The van der Waals surface area contributed by atoms with Crippen molar-refractivity contribution in [1.29, 1.82) is 0 Å². The van der Waals surface area contributed by atoms with Gasteiger partial charge in [-0.25, -0.2) is 9.59 Å². The normalized spacial score (nSPS) is 10.5. The molecule has 0 aliphatic heterocycles. The molecule has 0 heterocycles. The van der Waals surface area contributed by atoms with Gasteiger partial charge in [0, 0.05) is 11.6 Å². The summed E-state index contributed by atoms with van der Waals surface area (Å²) in [4.78, 5) is 35.8. The molecule has 0 spiro atoms. The van der Waals surface area contributed by atoms with Crippen molar-refractivity contribution in [3.05, 3.63) is 63.2 Å². The molecule has 0 amide bonds. The van der Waals surface area contributed by atoms with Gasteiger partial charge in [0.05, 0.1) is 34.8 Å². The van der Waals surface area contributed by atoms with Gasteiger partial charge in [-0.05, 0) is 38.5 Å². The molecule has 0 aromatic heterocycles. The van der Waals surface area contributed by atoms with Crippen molar-refractivity contribution in [3.63, 3.8) is 0 Å². The van der Waals surface area contributed by atoms with Crippen molar-refractivity contribution in [2.75, 3.05) is 7.11 Å². The summed E-state index contributed by atoms with van der Waals surface area (Å²) in [6, 6.07) is 8.99. The number of nitro groups is 1. The molecule has 26 heavy (non-hydrogen) atoms. The van der Waals surface area contributed by atoms with E-state index in [0.29, 0.717) is 5.56 Å². The lowest BCUT2D eigenvalue weighted by Crippen LogP contribution is -2.16. The first kappa shape index (κ1) is 19.1. The molecule has 2 rings (SSSR count). The predicted octanol–water partition coefficient (Wildman–Crippen LogP) is 3.92. The molecule has 136 valence electrons. The summed E-state index contributed by atoms with van der Waals surface area (Å²) in [5.74, 6) is -1.35. The van der Waals surface area contributed by atoms with Gasteiger partial charge < -0.3 is 9.47 Å². The van der Waals surface area contributed by atoms with Crippen LogP contribution in [0.2, 0.25) is 0 Å². The minimum absolute atomic E-state index is 0.0584. The summed E-state index contributed by atoms with van der Waals surface area (Å²) in [6.07, 6.45) is -0.387. The summed E-state index contributed by atoms with van der Waals surface area (Å²) >= 11 is 0. The lowest BCUT2D eigenvalue weighted by Gasteiger charge is -2.17. The van der Waals surface area contributed by atoms with Gasteiger partial charge in [-0.3, -0.25) is 10.1 Å². The molecule has 0 fully saturated rings. The van der Waals surface area contributed by atoms with Crippen molar-refractivity contribution in [2.24, 2.45) is 0 Å². The maximum Gasteiger partial charge on any atom is 0.339 e. The van der Waals surface area contributed by atoms with Gasteiger partial charge in [-0.1, -0.05) is 18.2 Å². The van der Waals surface area contributed by atoms with Gasteiger partial charge in [-0.15, -0.1) is 0 Å². The van der Waals surface area contributed by atoms with E-state index in [1.54, 1.807) is 32.9 Å². The molecular weight excluding hydrogens is 338 g/mol. The van der Waals surface area contributed by atoms with Crippen molar-refractivity contribution in [1.82, 2.24) is 0 Å². The zero-order valence-electron chi connectivity index (χ0n) is 14.9. The van der Waals surface area contributed by atoms with Crippen LogP contribution in [-0.4, -0.2) is 30.1 Å². The number of rotatable bonds is 5. The number of carbonyl (C=O) groups is 2. The third-order valence-corrected chi connectivity index (χ3v) is 3.74. The Kier molecular flexibility index (Phi) is 5.71. The molecule has 0 N–H and O–H groups in total. The average molecular weight is 357 g/mol. The molecule has 0 saturated heterocycles. The van der Waals surface area contributed by atoms with E-state index in [9.17, 15) is 19.7 Å². The molecular formula is C19H19NO6.